The second-order valence-corrected chi connectivity index (χ2v) is 5.58. The Labute approximate surface area is 118 Å². The fraction of sp³-hybridized carbons (Fsp3) is 0.438. The summed E-state index contributed by atoms with van der Waals surface area (Å²) in [4.78, 5) is 14.3. The first-order chi connectivity index (χ1) is 9.61. The zero-order valence-electron chi connectivity index (χ0n) is 11.8. The Balaban J connectivity index is 1.99. The van der Waals surface area contributed by atoms with Crippen molar-refractivity contribution in [1.29, 1.82) is 0 Å². The van der Waals surface area contributed by atoms with Crippen LogP contribution in [0.2, 0.25) is 0 Å². The molecular weight excluding hydrogens is 254 g/mol. The highest BCUT2D eigenvalue weighted by molar-refractivity contribution is 6.06. The third-order valence-electron chi connectivity index (χ3n) is 4.41. The van der Waals surface area contributed by atoms with Crippen molar-refractivity contribution < 1.29 is 14.3 Å². The molecule has 1 aliphatic rings. The van der Waals surface area contributed by atoms with E-state index in [0.29, 0.717) is 5.56 Å². The highest BCUT2D eigenvalue weighted by Gasteiger charge is 2.48. The lowest BCUT2D eigenvalue weighted by atomic mass is 10.1. The van der Waals surface area contributed by atoms with Crippen molar-refractivity contribution in [1.82, 2.24) is 4.90 Å². The number of likely N-dealkylation sites (N-methyl/N-ethyl adjacent to an activating group) is 1. The molecule has 0 atom stereocenters. The van der Waals surface area contributed by atoms with E-state index in [2.05, 4.69) is 6.92 Å². The zero-order valence-corrected chi connectivity index (χ0v) is 11.8. The van der Waals surface area contributed by atoms with E-state index in [1.165, 1.54) is 11.8 Å². The second kappa shape index (κ2) is 4.63. The first-order valence-electron chi connectivity index (χ1n) is 7.00. The van der Waals surface area contributed by atoms with E-state index in [1.54, 1.807) is 11.9 Å². The normalized spacial score (nSPS) is 16.4. The number of aliphatic hydroxyl groups excluding tert-OH is 1. The number of hydrogen-bond acceptors (Lipinski definition) is 3. The topological polar surface area (TPSA) is 53.7 Å². The van der Waals surface area contributed by atoms with E-state index >= 15 is 0 Å². The lowest BCUT2D eigenvalue weighted by Gasteiger charge is -2.26. The van der Waals surface area contributed by atoms with Gasteiger partial charge in [-0.1, -0.05) is 13.0 Å². The summed E-state index contributed by atoms with van der Waals surface area (Å²) >= 11 is 0. The Bertz CT molecular complexity index is 655. The van der Waals surface area contributed by atoms with Crippen LogP contribution in [-0.4, -0.2) is 35.1 Å². The third-order valence-corrected chi connectivity index (χ3v) is 4.41. The second-order valence-electron chi connectivity index (χ2n) is 5.58. The number of benzene rings is 1. The summed E-state index contributed by atoms with van der Waals surface area (Å²) in [6.07, 6.45) is 4.17. The summed E-state index contributed by atoms with van der Waals surface area (Å²) in [5, 5.41) is 10.3. The third kappa shape index (κ3) is 1.91. The molecule has 1 N–H and O–H groups in total. The maximum atomic E-state index is 12.6. The molecule has 106 valence electrons. The van der Waals surface area contributed by atoms with Crippen molar-refractivity contribution in [3.8, 4) is 0 Å². The molecule has 4 heteroatoms. The Hall–Kier alpha value is -1.81. The van der Waals surface area contributed by atoms with Gasteiger partial charge in [0, 0.05) is 12.4 Å². The first-order valence-corrected chi connectivity index (χ1v) is 7.00. The predicted molar refractivity (Wildman–Crippen MR) is 76.7 cm³/mol. The van der Waals surface area contributed by atoms with Gasteiger partial charge >= 0.3 is 0 Å². The van der Waals surface area contributed by atoms with E-state index in [0.717, 1.165) is 30.2 Å². The van der Waals surface area contributed by atoms with Gasteiger partial charge in [0.15, 0.2) is 0 Å². The number of nitrogens with zero attached hydrogens (tertiary/aromatic N) is 1. The number of fused-ring (bicyclic) bond motifs is 1. The van der Waals surface area contributed by atoms with Crippen LogP contribution >= 0.6 is 0 Å². The molecule has 1 aromatic carbocycles. The fourth-order valence-corrected chi connectivity index (χ4v) is 2.60. The summed E-state index contributed by atoms with van der Waals surface area (Å²) < 4.78 is 5.48. The van der Waals surface area contributed by atoms with Gasteiger partial charge < -0.3 is 14.4 Å². The van der Waals surface area contributed by atoms with Gasteiger partial charge in [-0.3, -0.25) is 4.79 Å². The number of carbonyl (C=O) groups excluding carboxylic acids is 1. The van der Waals surface area contributed by atoms with Crippen LogP contribution < -0.4 is 0 Å². The highest BCUT2D eigenvalue weighted by atomic mass is 16.3. The lowest BCUT2D eigenvalue weighted by molar-refractivity contribution is 0.0621. The quantitative estimate of drug-likeness (QED) is 0.931. The smallest absolute Gasteiger partial charge is 0.258 e. The molecule has 1 fully saturated rings. The van der Waals surface area contributed by atoms with E-state index in [-0.39, 0.29) is 18.1 Å². The van der Waals surface area contributed by atoms with Gasteiger partial charge in [0.1, 0.15) is 11.8 Å². The molecule has 0 saturated heterocycles. The van der Waals surface area contributed by atoms with E-state index in [4.69, 9.17) is 4.42 Å². The molecule has 1 aromatic heterocycles. The van der Waals surface area contributed by atoms with Crippen LogP contribution in [0.4, 0.5) is 0 Å². The Morgan fingerprint density at radius 2 is 2.20 bits per heavy atom. The zero-order chi connectivity index (χ0) is 14.3. The number of hydrogen-bond donors (Lipinski definition) is 1. The van der Waals surface area contributed by atoms with Crippen LogP contribution in [0.15, 0.2) is 28.9 Å². The van der Waals surface area contributed by atoms with E-state index in [9.17, 15) is 9.90 Å². The molecule has 1 saturated carbocycles. The van der Waals surface area contributed by atoms with E-state index in [1.807, 2.05) is 18.2 Å². The van der Waals surface area contributed by atoms with Crippen molar-refractivity contribution in [3.05, 3.63) is 35.6 Å². The molecule has 1 heterocycles. The largest absolute Gasteiger partial charge is 0.463 e. The van der Waals surface area contributed by atoms with Crippen molar-refractivity contribution in [2.24, 2.45) is 0 Å². The van der Waals surface area contributed by atoms with Crippen molar-refractivity contribution in [2.75, 3.05) is 13.7 Å². The Kier molecular flexibility index (Phi) is 3.05. The molecule has 1 amide bonds. The van der Waals surface area contributed by atoms with Gasteiger partial charge in [0.2, 0.25) is 0 Å². The molecular formula is C16H19NO3. The number of amides is 1. The first kappa shape index (κ1) is 13.2. The number of aryl methyl sites for hydroxylation is 1. The monoisotopic (exact) mass is 273 g/mol. The van der Waals surface area contributed by atoms with Crippen LogP contribution in [-0.2, 0) is 6.42 Å². The predicted octanol–water partition coefficient (Wildman–Crippen LogP) is 2.59. The summed E-state index contributed by atoms with van der Waals surface area (Å²) in [6, 6.07) is 5.93. The minimum absolute atomic E-state index is 0.0191. The van der Waals surface area contributed by atoms with Crippen LogP contribution in [0.25, 0.3) is 11.0 Å². The Morgan fingerprint density at radius 3 is 2.80 bits per heavy atom. The van der Waals surface area contributed by atoms with Gasteiger partial charge in [-0.05, 0) is 37.0 Å². The average molecular weight is 273 g/mol. The van der Waals surface area contributed by atoms with Gasteiger partial charge in [0.25, 0.3) is 5.91 Å². The maximum absolute atomic E-state index is 12.6. The molecule has 20 heavy (non-hydrogen) atoms. The van der Waals surface area contributed by atoms with Crippen molar-refractivity contribution >= 4 is 16.9 Å². The molecule has 2 aromatic rings. The fourth-order valence-electron chi connectivity index (χ4n) is 2.60. The lowest BCUT2D eigenvalue weighted by Crippen LogP contribution is -2.41. The summed E-state index contributed by atoms with van der Waals surface area (Å²) in [5.74, 6) is -0.0800. The molecule has 0 radical (unpaired) electrons. The van der Waals surface area contributed by atoms with Crippen molar-refractivity contribution in [3.63, 3.8) is 0 Å². The van der Waals surface area contributed by atoms with Gasteiger partial charge in [-0.15, -0.1) is 0 Å². The molecule has 3 rings (SSSR count). The van der Waals surface area contributed by atoms with Crippen LogP contribution in [0.3, 0.4) is 0 Å². The van der Waals surface area contributed by atoms with Gasteiger partial charge in [-0.2, -0.15) is 0 Å². The average Bonchev–Trinajstić information content (AvgIpc) is 3.18. The van der Waals surface area contributed by atoms with Crippen LogP contribution in [0, 0.1) is 0 Å². The maximum Gasteiger partial charge on any atom is 0.258 e. The van der Waals surface area contributed by atoms with Gasteiger partial charge in [-0.25, -0.2) is 0 Å². The minimum Gasteiger partial charge on any atom is -0.463 e. The molecule has 4 nitrogen and oxygen atoms in total. The van der Waals surface area contributed by atoms with Gasteiger partial charge in [0.05, 0.1) is 17.7 Å². The minimum atomic E-state index is -0.358. The number of rotatable bonds is 4. The highest BCUT2D eigenvalue weighted by Crippen LogP contribution is 2.41. The standard InChI is InChI=1S/C16H19NO3/c1-3-11-4-5-14-12(8-11)13(9-20-14)15(19)17(2)16(10-18)6-7-16/h4-5,8-9,18H,3,6-7,10H2,1-2H3. The number of carbonyl (C=O) groups is 1. The molecule has 0 unspecified atom stereocenters. The summed E-state index contributed by atoms with van der Waals surface area (Å²) in [7, 11) is 1.76. The Morgan fingerprint density at radius 1 is 1.45 bits per heavy atom. The number of furan rings is 1. The molecule has 0 spiro atoms. The number of aliphatic hydroxyl groups is 1. The summed E-state index contributed by atoms with van der Waals surface area (Å²) in [6.45, 7) is 2.10. The molecule has 0 aliphatic heterocycles. The van der Waals surface area contributed by atoms with E-state index < -0.39 is 0 Å². The van der Waals surface area contributed by atoms with Crippen LogP contribution in [0.1, 0.15) is 35.7 Å². The molecule has 0 bridgehead atoms. The molecule has 1 aliphatic carbocycles. The van der Waals surface area contributed by atoms with Crippen LogP contribution in [0.5, 0.6) is 0 Å². The SMILES string of the molecule is CCc1ccc2occ(C(=O)N(C)C3(CO)CC3)c2c1. The summed E-state index contributed by atoms with van der Waals surface area (Å²) in [5.41, 5.74) is 2.13. The van der Waals surface area contributed by atoms with Crippen molar-refractivity contribution in [2.45, 2.75) is 31.7 Å².